The molecule has 4 nitrogen and oxygen atoms in total. The van der Waals surface area contributed by atoms with Crippen molar-refractivity contribution in [2.24, 2.45) is 0 Å². The number of aromatic nitrogens is 2. The molecule has 0 saturated carbocycles. The van der Waals surface area contributed by atoms with E-state index in [9.17, 15) is 0 Å². The van der Waals surface area contributed by atoms with Crippen LogP contribution >= 0.6 is 11.6 Å². The lowest BCUT2D eigenvalue weighted by Gasteiger charge is -2.19. The number of nitrogens with zero attached hydrogens (tertiary/aromatic N) is 4. The van der Waals surface area contributed by atoms with Gasteiger partial charge in [-0.05, 0) is 30.7 Å². The summed E-state index contributed by atoms with van der Waals surface area (Å²) in [5.74, 6) is 1.49. The van der Waals surface area contributed by atoms with E-state index in [2.05, 4.69) is 23.0 Å². The molecule has 5 heteroatoms. The maximum atomic E-state index is 8.81. The highest BCUT2D eigenvalue weighted by molar-refractivity contribution is 6.29. The van der Waals surface area contributed by atoms with Gasteiger partial charge in [0.05, 0.1) is 11.6 Å². The van der Waals surface area contributed by atoms with Crippen molar-refractivity contribution in [3.05, 3.63) is 46.9 Å². The molecule has 1 aromatic heterocycles. The first-order valence-corrected chi connectivity index (χ1v) is 6.79. The highest BCUT2D eigenvalue weighted by Crippen LogP contribution is 2.24. The maximum Gasteiger partial charge on any atom is 0.137 e. The van der Waals surface area contributed by atoms with E-state index < -0.39 is 0 Å². The van der Waals surface area contributed by atoms with Crippen LogP contribution in [0.4, 0.5) is 11.5 Å². The minimum Gasteiger partial charge on any atom is -0.329 e. The molecule has 0 aliphatic carbocycles. The fourth-order valence-electron chi connectivity index (χ4n) is 1.85. The fraction of sp³-hybridized carbons (Fsp3) is 0.267. The highest BCUT2D eigenvalue weighted by Gasteiger charge is 2.09. The minimum atomic E-state index is 0.443. The standard InChI is InChI=1S/C15H15ClN4/c1-3-4-14-18-13(16)9-15(19-14)20(2)12-7-5-11(10-17)6-8-12/h5-9H,3-4H2,1-2H3. The van der Waals surface area contributed by atoms with Gasteiger partial charge in [0.2, 0.25) is 0 Å². The van der Waals surface area contributed by atoms with Gasteiger partial charge in [0.1, 0.15) is 16.8 Å². The molecule has 0 radical (unpaired) electrons. The summed E-state index contributed by atoms with van der Waals surface area (Å²) in [6.45, 7) is 2.08. The van der Waals surface area contributed by atoms with Crippen LogP contribution in [0.15, 0.2) is 30.3 Å². The average Bonchev–Trinajstić information content (AvgIpc) is 2.46. The molecule has 0 atom stereocenters. The van der Waals surface area contributed by atoms with Gasteiger partial charge in [-0.2, -0.15) is 5.26 Å². The second kappa shape index (κ2) is 6.36. The molecule has 20 heavy (non-hydrogen) atoms. The van der Waals surface area contributed by atoms with E-state index >= 15 is 0 Å². The summed E-state index contributed by atoms with van der Waals surface area (Å²) < 4.78 is 0. The summed E-state index contributed by atoms with van der Waals surface area (Å²) >= 11 is 6.04. The molecule has 0 N–H and O–H groups in total. The number of anilines is 2. The van der Waals surface area contributed by atoms with Crippen molar-refractivity contribution in [1.29, 1.82) is 5.26 Å². The van der Waals surface area contributed by atoms with Crippen molar-refractivity contribution in [2.75, 3.05) is 11.9 Å². The summed E-state index contributed by atoms with van der Waals surface area (Å²) in [4.78, 5) is 10.6. The lowest BCUT2D eigenvalue weighted by atomic mass is 10.2. The quantitative estimate of drug-likeness (QED) is 0.804. The Hall–Kier alpha value is -2.12. The Morgan fingerprint density at radius 1 is 1.25 bits per heavy atom. The Balaban J connectivity index is 2.31. The Morgan fingerprint density at radius 3 is 2.55 bits per heavy atom. The number of benzene rings is 1. The van der Waals surface area contributed by atoms with Crippen LogP contribution in [-0.2, 0) is 6.42 Å². The van der Waals surface area contributed by atoms with Crippen LogP contribution in [0, 0.1) is 11.3 Å². The second-order valence-corrected chi connectivity index (χ2v) is 4.82. The average molecular weight is 287 g/mol. The summed E-state index contributed by atoms with van der Waals surface area (Å²) in [5, 5.41) is 9.26. The SMILES string of the molecule is CCCc1nc(Cl)cc(N(C)c2ccc(C#N)cc2)n1. The molecule has 0 spiro atoms. The smallest absolute Gasteiger partial charge is 0.137 e. The van der Waals surface area contributed by atoms with Crippen LogP contribution < -0.4 is 4.90 Å². The molecule has 0 amide bonds. The molecule has 0 fully saturated rings. The normalized spacial score (nSPS) is 10.1. The number of rotatable bonds is 4. The van der Waals surface area contributed by atoms with Crippen molar-refractivity contribution in [3.63, 3.8) is 0 Å². The molecule has 0 unspecified atom stereocenters. The van der Waals surface area contributed by atoms with Crippen molar-refractivity contribution < 1.29 is 0 Å². The molecule has 2 rings (SSSR count). The number of hydrogen-bond acceptors (Lipinski definition) is 4. The monoisotopic (exact) mass is 286 g/mol. The summed E-state index contributed by atoms with van der Waals surface area (Å²) in [7, 11) is 1.91. The lowest BCUT2D eigenvalue weighted by Crippen LogP contribution is -2.13. The van der Waals surface area contributed by atoms with Gasteiger partial charge >= 0.3 is 0 Å². The van der Waals surface area contributed by atoms with Gasteiger partial charge in [-0.25, -0.2) is 9.97 Å². The van der Waals surface area contributed by atoms with Crippen molar-refractivity contribution in [2.45, 2.75) is 19.8 Å². The van der Waals surface area contributed by atoms with Gasteiger partial charge in [0, 0.05) is 25.2 Å². The molecule has 1 aromatic carbocycles. The van der Waals surface area contributed by atoms with Gasteiger partial charge in [-0.3, -0.25) is 0 Å². The van der Waals surface area contributed by atoms with Gasteiger partial charge < -0.3 is 4.90 Å². The summed E-state index contributed by atoms with van der Waals surface area (Å²) in [6, 6.07) is 11.2. The van der Waals surface area contributed by atoms with Gasteiger partial charge in [-0.15, -0.1) is 0 Å². The second-order valence-electron chi connectivity index (χ2n) is 4.43. The highest BCUT2D eigenvalue weighted by atomic mass is 35.5. The number of nitriles is 1. The van der Waals surface area contributed by atoms with Crippen LogP contribution in [-0.4, -0.2) is 17.0 Å². The Morgan fingerprint density at radius 2 is 1.95 bits per heavy atom. The predicted molar refractivity (Wildman–Crippen MR) is 80.3 cm³/mol. The van der Waals surface area contributed by atoms with Crippen molar-refractivity contribution >= 4 is 23.1 Å². The number of hydrogen-bond donors (Lipinski definition) is 0. The maximum absolute atomic E-state index is 8.81. The molecule has 0 saturated heterocycles. The van der Waals surface area contributed by atoms with Crippen LogP contribution in [0.1, 0.15) is 24.7 Å². The zero-order valence-electron chi connectivity index (χ0n) is 11.5. The van der Waals surface area contributed by atoms with E-state index in [1.54, 1.807) is 18.2 Å². The largest absolute Gasteiger partial charge is 0.329 e. The van der Waals surface area contributed by atoms with E-state index in [1.807, 2.05) is 24.1 Å². The third-order valence-corrected chi connectivity index (χ3v) is 3.12. The first-order valence-electron chi connectivity index (χ1n) is 6.41. The molecule has 0 aliphatic heterocycles. The fourth-order valence-corrected chi connectivity index (χ4v) is 2.05. The minimum absolute atomic E-state index is 0.443. The number of halogens is 1. The molecule has 2 aromatic rings. The molecule has 0 bridgehead atoms. The topological polar surface area (TPSA) is 52.8 Å². The Bertz CT molecular complexity index is 631. The Kier molecular flexibility index (Phi) is 4.54. The van der Waals surface area contributed by atoms with Gasteiger partial charge in [0.25, 0.3) is 0 Å². The zero-order valence-corrected chi connectivity index (χ0v) is 12.2. The first kappa shape index (κ1) is 14.3. The molecular weight excluding hydrogens is 272 g/mol. The third kappa shape index (κ3) is 3.25. The van der Waals surface area contributed by atoms with E-state index in [0.717, 1.165) is 30.2 Å². The molecule has 1 heterocycles. The van der Waals surface area contributed by atoms with Crippen LogP contribution in [0.3, 0.4) is 0 Å². The van der Waals surface area contributed by atoms with E-state index in [0.29, 0.717) is 10.7 Å². The first-order chi connectivity index (χ1) is 9.63. The van der Waals surface area contributed by atoms with Gasteiger partial charge in [0.15, 0.2) is 0 Å². The van der Waals surface area contributed by atoms with Crippen molar-refractivity contribution in [1.82, 2.24) is 9.97 Å². The van der Waals surface area contributed by atoms with Crippen LogP contribution in [0.25, 0.3) is 0 Å². The summed E-state index contributed by atoms with van der Waals surface area (Å²) in [5.41, 5.74) is 1.58. The molecule has 0 aliphatic rings. The van der Waals surface area contributed by atoms with E-state index in [4.69, 9.17) is 16.9 Å². The van der Waals surface area contributed by atoms with Crippen LogP contribution in [0.5, 0.6) is 0 Å². The third-order valence-electron chi connectivity index (χ3n) is 2.93. The Labute approximate surface area is 123 Å². The zero-order chi connectivity index (χ0) is 14.5. The van der Waals surface area contributed by atoms with Gasteiger partial charge in [-0.1, -0.05) is 18.5 Å². The predicted octanol–water partition coefficient (Wildman–Crippen LogP) is 3.72. The van der Waals surface area contributed by atoms with Crippen molar-refractivity contribution in [3.8, 4) is 6.07 Å². The number of aryl methyl sites for hydroxylation is 1. The lowest BCUT2D eigenvalue weighted by molar-refractivity contribution is 0.831. The van der Waals surface area contributed by atoms with E-state index in [-0.39, 0.29) is 0 Å². The molecular formula is C15H15ClN4. The van der Waals surface area contributed by atoms with E-state index in [1.165, 1.54) is 0 Å². The summed E-state index contributed by atoms with van der Waals surface area (Å²) in [6.07, 6.45) is 1.77. The van der Waals surface area contributed by atoms with Crippen LogP contribution in [0.2, 0.25) is 5.15 Å². The molecule has 102 valence electrons.